The molecule has 142 valence electrons. The summed E-state index contributed by atoms with van der Waals surface area (Å²) in [6.07, 6.45) is 4.21. The quantitative estimate of drug-likeness (QED) is 0.596. The first-order valence-electron chi connectivity index (χ1n) is 9.30. The van der Waals surface area contributed by atoms with Gasteiger partial charge in [0.2, 0.25) is 17.5 Å². The van der Waals surface area contributed by atoms with Gasteiger partial charge in [-0.1, -0.05) is 12.1 Å². The van der Waals surface area contributed by atoms with Crippen LogP contribution in [0.5, 0.6) is 0 Å². The summed E-state index contributed by atoms with van der Waals surface area (Å²) in [5.74, 6) is -4.42. The molecule has 6 heteroatoms. The molecule has 29 heavy (non-hydrogen) atoms. The molecule has 3 aliphatic carbocycles. The molecule has 0 saturated heterocycles. The van der Waals surface area contributed by atoms with Gasteiger partial charge in [-0.2, -0.15) is 0 Å². The van der Waals surface area contributed by atoms with E-state index in [9.17, 15) is 24.0 Å². The molecule has 2 unspecified atom stereocenters. The average Bonchev–Trinajstić information content (AvgIpc) is 2.70. The van der Waals surface area contributed by atoms with Gasteiger partial charge >= 0.3 is 0 Å². The van der Waals surface area contributed by atoms with Gasteiger partial charge in [0.05, 0.1) is 5.92 Å². The minimum Gasteiger partial charge on any atom is -0.366 e. The van der Waals surface area contributed by atoms with Crippen molar-refractivity contribution in [3.8, 4) is 0 Å². The lowest BCUT2D eigenvalue weighted by Crippen LogP contribution is -2.44. The maximum Gasteiger partial charge on any atom is 0.248 e. The van der Waals surface area contributed by atoms with Crippen molar-refractivity contribution in [3.05, 3.63) is 81.4 Å². The number of hydrogen-bond donors (Lipinski definition) is 1. The zero-order chi connectivity index (χ0) is 20.4. The van der Waals surface area contributed by atoms with E-state index in [4.69, 9.17) is 5.73 Å². The Morgan fingerprint density at radius 2 is 1.69 bits per heavy atom. The highest BCUT2D eigenvalue weighted by Crippen LogP contribution is 2.43. The zero-order valence-electron chi connectivity index (χ0n) is 15.2. The number of nitrogens with two attached hydrogens (primary N) is 1. The van der Waals surface area contributed by atoms with Gasteiger partial charge < -0.3 is 5.73 Å². The Morgan fingerprint density at radius 1 is 0.897 bits per heavy atom. The van der Waals surface area contributed by atoms with Gasteiger partial charge in [-0.05, 0) is 59.9 Å². The summed E-state index contributed by atoms with van der Waals surface area (Å²) in [6, 6.07) is 7.77. The van der Waals surface area contributed by atoms with Crippen molar-refractivity contribution >= 4 is 29.0 Å². The summed E-state index contributed by atoms with van der Waals surface area (Å²) in [5.41, 5.74) is 8.69. The number of benzene rings is 2. The highest BCUT2D eigenvalue weighted by Gasteiger charge is 2.48. The maximum atomic E-state index is 13.2. The van der Waals surface area contributed by atoms with Gasteiger partial charge in [-0.25, -0.2) is 0 Å². The van der Waals surface area contributed by atoms with Crippen LogP contribution in [0.1, 0.15) is 64.0 Å². The van der Waals surface area contributed by atoms with Crippen LogP contribution in [0.3, 0.4) is 0 Å². The largest absolute Gasteiger partial charge is 0.366 e. The second-order valence-corrected chi connectivity index (χ2v) is 7.65. The Kier molecular flexibility index (Phi) is 3.55. The van der Waals surface area contributed by atoms with Gasteiger partial charge in [0.1, 0.15) is 0 Å². The predicted octanol–water partition coefficient (Wildman–Crippen LogP) is 1.98. The van der Waals surface area contributed by atoms with E-state index in [1.165, 1.54) is 24.3 Å². The van der Waals surface area contributed by atoms with Crippen molar-refractivity contribution in [2.75, 3.05) is 0 Å². The van der Waals surface area contributed by atoms with E-state index in [2.05, 4.69) is 0 Å². The fourth-order valence-corrected chi connectivity index (χ4v) is 4.67. The van der Waals surface area contributed by atoms with Crippen LogP contribution in [-0.4, -0.2) is 29.0 Å². The molecule has 3 aliphatic rings. The number of carbonyl (C=O) groups excluding carboxylic acids is 5. The fourth-order valence-electron chi connectivity index (χ4n) is 4.67. The lowest BCUT2D eigenvalue weighted by molar-refractivity contribution is -0.118. The molecule has 5 rings (SSSR count). The molecule has 0 radical (unpaired) electrons. The summed E-state index contributed by atoms with van der Waals surface area (Å²) < 4.78 is 0. The van der Waals surface area contributed by atoms with Crippen molar-refractivity contribution in [1.29, 1.82) is 0 Å². The maximum absolute atomic E-state index is 13.2. The molecule has 1 amide bonds. The third-order valence-electron chi connectivity index (χ3n) is 6.08. The van der Waals surface area contributed by atoms with Crippen LogP contribution in [0.25, 0.3) is 0 Å². The molecule has 0 heterocycles. The van der Waals surface area contributed by atoms with Crippen LogP contribution in [0, 0.1) is 5.92 Å². The summed E-state index contributed by atoms with van der Waals surface area (Å²) in [5, 5.41) is 0. The molecule has 0 fully saturated rings. The van der Waals surface area contributed by atoms with Crippen LogP contribution in [-0.2, 0) is 17.6 Å². The molecule has 6 nitrogen and oxygen atoms in total. The van der Waals surface area contributed by atoms with E-state index >= 15 is 0 Å². The monoisotopic (exact) mass is 385 g/mol. The zero-order valence-corrected chi connectivity index (χ0v) is 15.2. The van der Waals surface area contributed by atoms with Crippen LogP contribution in [0.4, 0.5) is 0 Å². The van der Waals surface area contributed by atoms with Gasteiger partial charge in [-0.3, -0.25) is 24.0 Å². The molecule has 0 aromatic heterocycles. The second-order valence-electron chi connectivity index (χ2n) is 7.65. The van der Waals surface area contributed by atoms with Gasteiger partial charge in [0.15, 0.2) is 11.6 Å². The van der Waals surface area contributed by atoms with E-state index in [1.54, 1.807) is 12.1 Å². The Morgan fingerprint density at radius 3 is 2.45 bits per heavy atom. The second kappa shape index (κ2) is 5.91. The number of allylic oxidation sites excluding steroid dienone is 2. The Labute approximate surface area is 165 Å². The van der Waals surface area contributed by atoms with Crippen molar-refractivity contribution in [1.82, 2.24) is 0 Å². The van der Waals surface area contributed by atoms with E-state index < -0.39 is 35.1 Å². The molecule has 2 aromatic rings. The third kappa shape index (κ3) is 2.38. The first-order chi connectivity index (χ1) is 13.9. The van der Waals surface area contributed by atoms with Gasteiger partial charge in [0.25, 0.3) is 0 Å². The van der Waals surface area contributed by atoms with Crippen LogP contribution in [0.15, 0.2) is 42.5 Å². The number of fused-ring (bicyclic) bond motifs is 5. The van der Waals surface area contributed by atoms with Crippen LogP contribution < -0.4 is 5.73 Å². The number of amides is 1. The molecular weight excluding hydrogens is 370 g/mol. The third-order valence-corrected chi connectivity index (χ3v) is 6.08. The minimum absolute atomic E-state index is 0.175. The van der Waals surface area contributed by atoms with Crippen LogP contribution >= 0.6 is 0 Å². The minimum atomic E-state index is -1.14. The van der Waals surface area contributed by atoms with Crippen LogP contribution in [0.2, 0.25) is 0 Å². The lowest BCUT2D eigenvalue weighted by Gasteiger charge is -2.36. The molecule has 0 bridgehead atoms. The topological polar surface area (TPSA) is 111 Å². The van der Waals surface area contributed by atoms with Gasteiger partial charge in [-0.15, -0.1) is 0 Å². The number of Topliss-reactive ketones (excluding diaryl/α,β-unsaturated/α-hetero) is 3. The number of ketones is 4. The molecular formula is C23H15NO5. The van der Waals surface area contributed by atoms with E-state index in [0.29, 0.717) is 29.5 Å². The first-order valence-corrected chi connectivity index (χ1v) is 9.30. The summed E-state index contributed by atoms with van der Waals surface area (Å²) in [6.45, 7) is 0. The first kappa shape index (κ1) is 17.4. The van der Waals surface area contributed by atoms with Crippen molar-refractivity contribution in [2.45, 2.75) is 18.8 Å². The van der Waals surface area contributed by atoms with E-state index in [1.807, 2.05) is 6.07 Å². The van der Waals surface area contributed by atoms with Crippen molar-refractivity contribution in [2.24, 2.45) is 11.7 Å². The normalized spacial score (nSPS) is 21.9. The number of primary amides is 1. The molecule has 0 saturated carbocycles. The fraction of sp³-hybridized carbons (Fsp3) is 0.174. The molecule has 2 atom stereocenters. The number of carbonyl (C=O) groups is 5. The summed E-state index contributed by atoms with van der Waals surface area (Å²) >= 11 is 0. The Balaban J connectivity index is 1.70. The predicted molar refractivity (Wildman–Crippen MR) is 102 cm³/mol. The number of rotatable bonds is 1. The van der Waals surface area contributed by atoms with Gasteiger partial charge in [0, 0.05) is 28.2 Å². The number of hydrogen-bond acceptors (Lipinski definition) is 5. The van der Waals surface area contributed by atoms with E-state index in [-0.39, 0.29) is 16.9 Å². The highest BCUT2D eigenvalue weighted by atomic mass is 16.2. The smallest absolute Gasteiger partial charge is 0.248 e. The molecule has 2 N–H and O–H groups in total. The van der Waals surface area contributed by atoms with E-state index in [0.717, 1.165) is 11.1 Å². The molecule has 0 aliphatic heterocycles. The molecule has 0 spiro atoms. The molecule has 2 aromatic carbocycles. The Bertz CT molecular complexity index is 1220. The van der Waals surface area contributed by atoms with Crippen molar-refractivity contribution in [3.63, 3.8) is 0 Å². The average molecular weight is 385 g/mol. The SMILES string of the molecule is NC(=O)c1ccc2c(c1)C1Cc3cc4c(cc3C(=O)C1C(=O)C2=O)C(=O)C=CC4. The summed E-state index contributed by atoms with van der Waals surface area (Å²) in [4.78, 5) is 62.4. The van der Waals surface area contributed by atoms with Crippen molar-refractivity contribution < 1.29 is 24.0 Å². The standard InChI is InChI=1S/C23H15NO5/c24-23(29)11-4-5-13-16(7-11)17-8-12-6-10-2-1-3-18(25)14(10)9-15(12)20(26)19(17)22(28)21(13)27/h1,3-7,9,17,19H,2,8H2,(H2,24,29). The summed E-state index contributed by atoms with van der Waals surface area (Å²) in [7, 11) is 0. The highest BCUT2D eigenvalue weighted by molar-refractivity contribution is 6.49. The Hall–Kier alpha value is -3.67. The lowest BCUT2D eigenvalue weighted by atomic mass is 9.64.